The zero-order chi connectivity index (χ0) is 15.4. The maximum Gasteiger partial charge on any atom is 0.255 e. The van der Waals surface area contributed by atoms with Gasteiger partial charge in [-0.1, -0.05) is 17.7 Å². The van der Waals surface area contributed by atoms with E-state index in [2.05, 4.69) is 20.3 Å². The lowest BCUT2D eigenvalue weighted by Crippen LogP contribution is -2.12. The summed E-state index contributed by atoms with van der Waals surface area (Å²) in [5, 5.41) is 3.31. The van der Waals surface area contributed by atoms with Crippen LogP contribution in [0.15, 0.2) is 61.1 Å². The van der Waals surface area contributed by atoms with Crippen molar-refractivity contribution in [3.05, 3.63) is 71.6 Å². The molecule has 1 aromatic carbocycles. The van der Waals surface area contributed by atoms with Crippen LogP contribution in [0, 0.1) is 0 Å². The highest BCUT2D eigenvalue weighted by Crippen LogP contribution is 2.14. The molecule has 5 nitrogen and oxygen atoms in total. The van der Waals surface area contributed by atoms with Crippen LogP contribution in [-0.2, 0) is 0 Å². The molecular weight excluding hydrogens is 300 g/mol. The summed E-state index contributed by atoms with van der Waals surface area (Å²) in [4.78, 5) is 24.6. The van der Waals surface area contributed by atoms with E-state index in [-0.39, 0.29) is 5.91 Å². The number of halogens is 1. The third kappa shape index (κ3) is 3.27. The summed E-state index contributed by atoms with van der Waals surface area (Å²) in [6.07, 6.45) is 4.77. The molecule has 1 amide bonds. The molecule has 3 aromatic rings. The van der Waals surface area contributed by atoms with Crippen LogP contribution in [0.25, 0.3) is 11.5 Å². The van der Waals surface area contributed by atoms with Gasteiger partial charge in [-0.15, -0.1) is 0 Å². The summed E-state index contributed by atoms with van der Waals surface area (Å²) in [5.74, 6) is 0.260. The highest BCUT2D eigenvalue weighted by molar-refractivity contribution is 6.30. The van der Waals surface area contributed by atoms with Crippen molar-refractivity contribution in [2.24, 2.45) is 0 Å². The van der Waals surface area contributed by atoms with Gasteiger partial charge >= 0.3 is 0 Å². The van der Waals surface area contributed by atoms with Crippen LogP contribution in [0.4, 0.5) is 5.69 Å². The molecule has 2 heterocycles. The maximum atomic E-state index is 12.1. The summed E-state index contributed by atoms with van der Waals surface area (Å²) >= 11 is 5.79. The Kier molecular flexibility index (Phi) is 4.07. The Bertz CT molecular complexity index is 774. The van der Waals surface area contributed by atoms with Crippen molar-refractivity contribution in [3.63, 3.8) is 0 Å². The number of aromatic nitrogens is 3. The highest BCUT2D eigenvalue weighted by atomic mass is 35.5. The number of carbonyl (C=O) groups is 1. The molecule has 0 unspecified atom stereocenters. The molecule has 3 rings (SSSR count). The molecule has 0 fully saturated rings. The average Bonchev–Trinajstić information content (AvgIpc) is 2.57. The van der Waals surface area contributed by atoms with Crippen LogP contribution >= 0.6 is 11.6 Å². The van der Waals surface area contributed by atoms with Gasteiger partial charge < -0.3 is 5.32 Å². The zero-order valence-electron chi connectivity index (χ0n) is 11.4. The number of rotatable bonds is 3. The van der Waals surface area contributed by atoms with Crippen LogP contribution in [0.1, 0.15) is 10.4 Å². The number of carbonyl (C=O) groups excluding carboxylic acids is 1. The molecule has 0 aliphatic rings. The molecule has 0 bridgehead atoms. The summed E-state index contributed by atoms with van der Waals surface area (Å²) in [5.41, 5.74) is 1.70. The first-order chi connectivity index (χ1) is 10.7. The van der Waals surface area contributed by atoms with E-state index in [0.29, 0.717) is 27.8 Å². The van der Waals surface area contributed by atoms with Crippen LogP contribution in [0.5, 0.6) is 0 Å². The molecule has 0 saturated carbocycles. The second-order valence-corrected chi connectivity index (χ2v) is 4.91. The van der Waals surface area contributed by atoms with Gasteiger partial charge in [0.1, 0.15) is 5.69 Å². The van der Waals surface area contributed by atoms with Crippen molar-refractivity contribution < 1.29 is 4.79 Å². The minimum atomic E-state index is -0.245. The molecule has 0 saturated heterocycles. The van der Waals surface area contributed by atoms with E-state index >= 15 is 0 Å². The van der Waals surface area contributed by atoms with Crippen molar-refractivity contribution in [2.45, 2.75) is 0 Å². The topological polar surface area (TPSA) is 67.8 Å². The SMILES string of the molecule is O=C(Nc1cnc(-c2ccccn2)nc1)c1ccc(Cl)cc1. The van der Waals surface area contributed by atoms with E-state index in [1.165, 1.54) is 0 Å². The van der Waals surface area contributed by atoms with E-state index in [0.717, 1.165) is 0 Å². The van der Waals surface area contributed by atoms with Crippen molar-refractivity contribution in [1.29, 1.82) is 0 Å². The Morgan fingerprint density at radius 1 is 0.955 bits per heavy atom. The van der Waals surface area contributed by atoms with Gasteiger partial charge in [0.25, 0.3) is 5.91 Å². The molecule has 0 spiro atoms. The van der Waals surface area contributed by atoms with Gasteiger partial charge in [-0.2, -0.15) is 0 Å². The van der Waals surface area contributed by atoms with E-state index in [9.17, 15) is 4.79 Å². The quantitative estimate of drug-likeness (QED) is 0.804. The van der Waals surface area contributed by atoms with E-state index < -0.39 is 0 Å². The number of amides is 1. The van der Waals surface area contributed by atoms with Gasteiger partial charge in [0.15, 0.2) is 5.82 Å². The Labute approximate surface area is 132 Å². The monoisotopic (exact) mass is 310 g/mol. The van der Waals surface area contributed by atoms with Crippen LogP contribution in [0.2, 0.25) is 5.02 Å². The number of pyridine rings is 1. The second-order valence-electron chi connectivity index (χ2n) is 4.47. The second kappa shape index (κ2) is 6.32. The van der Waals surface area contributed by atoms with Gasteiger partial charge in [0.05, 0.1) is 18.1 Å². The molecule has 1 N–H and O–H groups in total. The summed E-state index contributed by atoms with van der Waals surface area (Å²) in [7, 11) is 0. The first kappa shape index (κ1) is 14.2. The smallest absolute Gasteiger partial charge is 0.255 e. The first-order valence-electron chi connectivity index (χ1n) is 6.53. The number of hydrogen-bond acceptors (Lipinski definition) is 4. The average molecular weight is 311 g/mol. The van der Waals surface area contributed by atoms with Crippen molar-refractivity contribution in [1.82, 2.24) is 15.0 Å². The van der Waals surface area contributed by atoms with Gasteiger partial charge in [-0.05, 0) is 36.4 Å². The largest absolute Gasteiger partial charge is 0.319 e. The first-order valence-corrected chi connectivity index (χ1v) is 6.90. The number of hydrogen-bond donors (Lipinski definition) is 1. The summed E-state index contributed by atoms with van der Waals surface area (Å²) in [6, 6.07) is 12.1. The van der Waals surface area contributed by atoms with Crippen LogP contribution < -0.4 is 5.32 Å². The highest BCUT2D eigenvalue weighted by Gasteiger charge is 2.07. The van der Waals surface area contributed by atoms with Crippen LogP contribution in [-0.4, -0.2) is 20.9 Å². The number of nitrogens with zero attached hydrogens (tertiary/aromatic N) is 3. The van der Waals surface area contributed by atoms with E-state index in [4.69, 9.17) is 11.6 Å². The molecule has 2 aromatic heterocycles. The third-order valence-electron chi connectivity index (χ3n) is 2.91. The molecule has 0 atom stereocenters. The normalized spacial score (nSPS) is 10.2. The minimum absolute atomic E-state index is 0.245. The van der Waals surface area contributed by atoms with Crippen molar-refractivity contribution in [3.8, 4) is 11.5 Å². The number of nitrogens with one attached hydrogen (secondary N) is 1. The van der Waals surface area contributed by atoms with E-state index in [1.54, 1.807) is 42.9 Å². The van der Waals surface area contributed by atoms with Gasteiger partial charge in [0.2, 0.25) is 0 Å². The Hall–Kier alpha value is -2.79. The molecule has 6 heteroatoms. The maximum absolute atomic E-state index is 12.1. The number of anilines is 1. The fraction of sp³-hybridized carbons (Fsp3) is 0. The Balaban J connectivity index is 1.73. The zero-order valence-corrected chi connectivity index (χ0v) is 12.2. The molecular formula is C16H11ClN4O. The van der Waals surface area contributed by atoms with Crippen LogP contribution in [0.3, 0.4) is 0 Å². The molecule has 0 aliphatic heterocycles. The Morgan fingerprint density at radius 2 is 1.68 bits per heavy atom. The predicted octanol–water partition coefficient (Wildman–Crippen LogP) is 3.44. The summed E-state index contributed by atoms with van der Waals surface area (Å²) in [6.45, 7) is 0. The van der Waals surface area contributed by atoms with Gasteiger partial charge in [-0.3, -0.25) is 9.78 Å². The lowest BCUT2D eigenvalue weighted by atomic mass is 10.2. The van der Waals surface area contributed by atoms with Crippen molar-refractivity contribution in [2.75, 3.05) is 5.32 Å². The minimum Gasteiger partial charge on any atom is -0.319 e. The Morgan fingerprint density at radius 3 is 2.32 bits per heavy atom. The molecule has 0 aliphatic carbocycles. The molecule has 22 heavy (non-hydrogen) atoms. The van der Waals surface area contributed by atoms with Gasteiger partial charge in [0, 0.05) is 16.8 Å². The third-order valence-corrected chi connectivity index (χ3v) is 3.16. The standard InChI is InChI=1S/C16H11ClN4O/c17-12-6-4-11(5-7-12)16(22)21-13-9-19-15(20-10-13)14-3-1-2-8-18-14/h1-10H,(H,21,22). The lowest BCUT2D eigenvalue weighted by molar-refractivity contribution is 0.102. The fourth-order valence-electron chi connectivity index (χ4n) is 1.82. The molecule has 0 radical (unpaired) electrons. The molecule has 108 valence electrons. The lowest BCUT2D eigenvalue weighted by Gasteiger charge is -2.05. The van der Waals surface area contributed by atoms with E-state index in [1.807, 2.05) is 18.2 Å². The fourth-order valence-corrected chi connectivity index (χ4v) is 1.95. The number of benzene rings is 1. The summed E-state index contributed by atoms with van der Waals surface area (Å²) < 4.78 is 0. The predicted molar refractivity (Wildman–Crippen MR) is 84.7 cm³/mol. The van der Waals surface area contributed by atoms with Crippen molar-refractivity contribution >= 4 is 23.2 Å². The van der Waals surface area contributed by atoms with Gasteiger partial charge in [-0.25, -0.2) is 9.97 Å².